The molecular formula is C13H27N3S3. The van der Waals surface area contributed by atoms with Crippen LogP contribution in [0.2, 0.25) is 0 Å². The molecule has 1 unspecified atom stereocenters. The Kier molecular flexibility index (Phi) is 11.2. The van der Waals surface area contributed by atoms with Gasteiger partial charge in [0.25, 0.3) is 0 Å². The van der Waals surface area contributed by atoms with Gasteiger partial charge in [0, 0.05) is 12.6 Å². The average molecular weight is 322 g/mol. The summed E-state index contributed by atoms with van der Waals surface area (Å²) in [4.78, 5) is 0. The van der Waals surface area contributed by atoms with Crippen molar-refractivity contribution in [2.24, 2.45) is 5.14 Å². The smallest absolute Gasteiger partial charge is 0.0814 e. The molecule has 112 valence electrons. The van der Waals surface area contributed by atoms with E-state index in [1.807, 2.05) is 39.6 Å². The standard InChI is InChI=1S/C9H15N3S3.2C2H6/c1-3-11-7-5-12(2)15-9-6(7)4-8(13-9)14-10;2*1-2/h4,7,11H,3,5,10H2,1-2H3;2*1-2H3. The van der Waals surface area contributed by atoms with Crippen molar-refractivity contribution < 1.29 is 0 Å². The number of nitrogens with two attached hydrogens (primary N) is 1. The van der Waals surface area contributed by atoms with Gasteiger partial charge in [-0.1, -0.05) is 34.6 Å². The predicted octanol–water partition coefficient (Wildman–Crippen LogP) is 4.37. The third kappa shape index (κ3) is 5.65. The molecule has 1 aromatic rings. The summed E-state index contributed by atoms with van der Waals surface area (Å²) >= 11 is 4.95. The third-order valence-electron chi connectivity index (χ3n) is 2.32. The van der Waals surface area contributed by atoms with E-state index in [2.05, 4.69) is 29.7 Å². The van der Waals surface area contributed by atoms with Gasteiger partial charge in [-0.15, -0.1) is 11.3 Å². The van der Waals surface area contributed by atoms with Crippen molar-refractivity contribution in [1.82, 2.24) is 9.62 Å². The van der Waals surface area contributed by atoms with Gasteiger partial charge in [-0.3, -0.25) is 5.14 Å². The lowest BCUT2D eigenvalue weighted by Gasteiger charge is -2.29. The molecule has 1 aliphatic rings. The Hall–Kier alpha value is 0.280. The summed E-state index contributed by atoms with van der Waals surface area (Å²) in [6.07, 6.45) is 0. The highest BCUT2D eigenvalue weighted by molar-refractivity contribution is 8.01. The molecule has 3 N–H and O–H groups in total. The Morgan fingerprint density at radius 3 is 2.58 bits per heavy atom. The molecule has 0 spiro atoms. The molecule has 0 saturated heterocycles. The van der Waals surface area contributed by atoms with Crippen LogP contribution < -0.4 is 10.5 Å². The zero-order valence-corrected chi connectivity index (χ0v) is 15.3. The third-order valence-corrected chi connectivity index (χ3v) is 5.29. The fraction of sp³-hybridized carbons (Fsp3) is 0.692. The van der Waals surface area contributed by atoms with E-state index < -0.39 is 0 Å². The predicted molar refractivity (Wildman–Crippen MR) is 92.0 cm³/mol. The molecule has 19 heavy (non-hydrogen) atoms. The number of nitrogens with zero attached hydrogens (tertiary/aromatic N) is 1. The lowest BCUT2D eigenvalue weighted by Crippen LogP contribution is -2.32. The summed E-state index contributed by atoms with van der Waals surface area (Å²) in [5.74, 6) is 0. The zero-order chi connectivity index (χ0) is 14.8. The van der Waals surface area contributed by atoms with E-state index in [0.29, 0.717) is 6.04 Å². The van der Waals surface area contributed by atoms with Gasteiger partial charge in [0.2, 0.25) is 0 Å². The number of thiophene rings is 1. The first-order valence-corrected chi connectivity index (χ1v) is 9.34. The van der Waals surface area contributed by atoms with Crippen molar-refractivity contribution in [3.63, 3.8) is 0 Å². The zero-order valence-electron chi connectivity index (χ0n) is 12.8. The molecule has 0 aromatic carbocycles. The minimum atomic E-state index is 0.452. The fourth-order valence-corrected chi connectivity index (χ4v) is 4.79. The van der Waals surface area contributed by atoms with Crippen molar-refractivity contribution in [3.05, 3.63) is 11.6 Å². The van der Waals surface area contributed by atoms with E-state index in [4.69, 9.17) is 5.14 Å². The number of hydrogen-bond donors (Lipinski definition) is 2. The molecule has 6 heteroatoms. The highest BCUT2D eigenvalue weighted by atomic mass is 32.2. The van der Waals surface area contributed by atoms with E-state index in [1.54, 1.807) is 11.3 Å². The van der Waals surface area contributed by atoms with E-state index in [-0.39, 0.29) is 0 Å². The van der Waals surface area contributed by atoms with Gasteiger partial charge in [-0.25, -0.2) is 4.31 Å². The molecule has 0 bridgehead atoms. The maximum Gasteiger partial charge on any atom is 0.0814 e. The monoisotopic (exact) mass is 321 g/mol. The fourth-order valence-electron chi connectivity index (χ4n) is 1.69. The van der Waals surface area contributed by atoms with Gasteiger partial charge in [-0.05, 0) is 49.1 Å². The summed E-state index contributed by atoms with van der Waals surface area (Å²) in [6.45, 7) is 12.2. The van der Waals surface area contributed by atoms with Crippen LogP contribution in [0.4, 0.5) is 0 Å². The average Bonchev–Trinajstić information content (AvgIpc) is 2.86. The van der Waals surface area contributed by atoms with Crippen LogP contribution in [-0.4, -0.2) is 24.4 Å². The van der Waals surface area contributed by atoms with E-state index in [9.17, 15) is 0 Å². The quantitative estimate of drug-likeness (QED) is 0.809. The Labute approximate surface area is 131 Å². The summed E-state index contributed by atoms with van der Waals surface area (Å²) in [7, 11) is 2.13. The lowest BCUT2D eigenvalue weighted by molar-refractivity contribution is 0.425. The lowest BCUT2D eigenvalue weighted by atomic mass is 10.1. The molecule has 1 atom stereocenters. The van der Waals surface area contributed by atoms with Gasteiger partial charge in [-0.2, -0.15) is 0 Å². The van der Waals surface area contributed by atoms with E-state index in [0.717, 1.165) is 13.1 Å². The number of rotatable bonds is 3. The van der Waals surface area contributed by atoms with Crippen molar-refractivity contribution >= 4 is 35.2 Å². The summed E-state index contributed by atoms with van der Waals surface area (Å²) < 4.78 is 4.85. The van der Waals surface area contributed by atoms with Crippen LogP contribution in [0.15, 0.2) is 14.5 Å². The minimum absolute atomic E-state index is 0.452. The second-order valence-electron chi connectivity index (χ2n) is 3.44. The maximum atomic E-state index is 5.60. The van der Waals surface area contributed by atoms with Crippen LogP contribution >= 0.6 is 35.2 Å². The molecule has 2 rings (SSSR count). The number of likely N-dealkylation sites (N-methyl/N-ethyl adjacent to an activating group) is 2. The number of fused-ring (bicyclic) bond motifs is 1. The van der Waals surface area contributed by atoms with Crippen LogP contribution in [0, 0.1) is 0 Å². The Bertz CT molecular complexity index is 342. The molecule has 0 fully saturated rings. The van der Waals surface area contributed by atoms with Crippen LogP contribution in [0.25, 0.3) is 0 Å². The molecule has 2 heterocycles. The first kappa shape index (κ1) is 19.3. The topological polar surface area (TPSA) is 41.3 Å². The summed E-state index contributed by atoms with van der Waals surface area (Å²) in [5, 5.41) is 9.11. The van der Waals surface area contributed by atoms with Crippen molar-refractivity contribution in [1.29, 1.82) is 0 Å². The minimum Gasteiger partial charge on any atom is -0.309 e. The van der Waals surface area contributed by atoms with Crippen LogP contribution in [-0.2, 0) is 0 Å². The molecule has 0 amide bonds. The number of hydrogen-bond acceptors (Lipinski definition) is 6. The van der Waals surface area contributed by atoms with E-state index in [1.165, 1.54) is 25.9 Å². The number of nitrogens with one attached hydrogen (secondary N) is 1. The first-order chi connectivity index (χ1) is 9.24. The largest absolute Gasteiger partial charge is 0.309 e. The van der Waals surface area contributed by atoms with Crippen molar-refractivity contribution in [2.45, 2.75) is 49.1 Å². The van der Waals surface area contributed by atoms with Crippen LogP contribution in [0.3, 0.4) is 0 Å². The molecular weight excluding hydrogens is 294 g/mol. The molecule has 3 nitrogen and oxygen atoms in total. The van der Waals surface area contributed by atoms with Crippen molar-refractivity contribution in [3.8, 4) is 0 Å². The van der Waals surface area contributed by atoms with Gasteiger partial charge >= 0.3 is 0 Å². The van der Waals surface area contributed by atoms with Crippen molar-refractivity contribution in [2.75, 3.05) is 20.1 Å². The SMILES string of the molecule is CC.CC.CCNC1CN(C)Sc2sc(SN)cc21. The summed E-state index contributed by atoms with van der Waals surface area (Å²) in [6, 6.07) is 2.67. The van der Waals surface area contributed by atoms with Gasteiger partial charge in [0.05, 0.1) is 8.42 Å². The highest BCUT2D eigenvalue weighted by Gasteiger charge is 2.25. The van der Waals surface area contributed by atoms with E-state index >= 15 is 0 Å². The Balaban J connectivity index is 0.000000741. The normalized spacial score (nSPS) is 17.7. The molecule has 1 aliphatic heterocycles. The molecule has 0 aliphatic carbocycles. The molecule has 1 aromatic heterocycles. The second-order valence-corrected chi connectivity index (χ2v) is 6.90. The Morgan fingerprint density at radius 1 is 1.42 bits per heavy atom. The second kappa shape index (κ2) is 11.0. The van der Waals surface area contributed by atoms with Gasteiger partial charge in [0.1, 0.15) is 0 Å². The molecule has 0 radical (unpaired) electrons. The Morgan fingerprint density at radius 2 is 2.05 bits per heavy atom. The van der Waals surface area contributed by atoms with Crippen LogP contribution in [0.1, 0.15) is 46.2 Å². The van der Waals surface area contributed by atoms with Gasteiger partial charge < -0.3 is 5.32 Å². The van der Waals surface area contributed by atoms with Crippen LogP contribution in [0.5, 0.6) is 0 Å². The van der Waals surface area contributed by atoms with Gasteiger partial charge in [0.15, 0.2) is 0 Å². The first-order valence-electron chi connectivity index (χ1n) is 6.87. The summed E-state index contributed by atoms with van der Waals surface area (Å²) in [5.41, 5.74) is 1.41. The molecule has 0 saturated carbocycles. The maximum absolute atomic E-state index is 5.60. The highest BCUT2D eigenvalue weighted by Crippen LogP contribution is 2.43.